The second-order valence-corrected chi connectivity index (χ2v) is 1.88. The highest BCUT2D eigenvalue weighted by atomic mass is 32.1. The van der Waals surface area contributed by atoms with Crippen LogP contribution in [0.15, 0.2) is 11.8 Å². The van der Waals surface area contributed by atoms with Gasteiger partial charge >= 0.3 is 0 Å². The molecule has 0 aromatic carbocycles. The van der Waals surface area contributed by atoms with Crippen LogP contribution in [0.3, 0.4) is 0 Å². The number of nitrogens with two attached hydrogens (primary N) is 1. The molecule has 38 valence electrons. The van der Waals surface area contributed by atoms with Gasteiger partial charge in [-0.1, -0.05) is 12.2 Å². The van der Waals surface area contributed by atoms with Crippen molar-refractivity contribution in [3.8, 4) is 0 Å². The van der Waals surface area contributed by atoms with Crippen molar-refractivity contribution in [2.45, 2.75) is 0 Å². The van der Waals surface area contributed by atoms with Crippen molar-refractivity contribution in [2.24, 2.45) is 5.73 Å². The maximum Gasteiger partial charge on any atom is 0.101 e. The van der Waals surface area contributed by atoms with E-state index in [0.29, 0.717) is 0 Å². The summed E-state index contributed by atoms with van der Waals surface area (Å²) in [7, 11) is 0. The van der Waals surface area contributed by atoms with Crippen LogP contribution >= 0.6 is 12.2 Å². The SMILES string of the molecule is NC1=CC(=S)NC1. The Labute approximate surface area is 47.4 Å². The number of rotatable bonds is 0. The van der Waals surface area contributed by atoms with Crippen molar-refractivity contribution in [3.05, 3.63) is 11.8 Å². The molecule has 0 radical (unpaired) electrons. The highest BCUT2D eigenvalue weighted by Gasteiger charge is 2.00. The molecule has 0 unspecified atom stereocenters. The van der Waals surface area contributed by atoms with E-state index in [2.05, 4.69) is 5.32 Å². The van der Waals surface area contributed by atoms with Crippen LogP contribution in [0.1, 0.15) is 0 Å². The van der Waals surface area contributed by atoms with Crippen LogP contribution in [-0.2, 0) is 0 Å². The van der Waals surface area contributed by atoms with Crippen LogP contribution in [0, 0.1) is 0 Å². The van der Waals surface area contributed by atoms with Crippen LogP contribution in [-0.4, -0.2) is 11.5 Å². The summed E-state index contributed by atoms with van der Waals surface area (Å²) in [5.41, 5.74) is 6.16. The van der Waals surface area contributed by atoms with Crippen LogP contribution in [0.2, 0.25) is 0 Å². The van der Waals surface area contributed by atoms with Gasteiger partial charge in [-0.15, -0.1) is 0 Å². The summed E-state index contributed by atoms with van der Waals surface area (Å²) in [5, 5.41) is 2.88. The van der Waals surface area contributed by atoms with Gasteiger partial charge in [0.1, 0.15) is 4.99 Å². The Bertz CT molecular complexity index is 128. The minimum Gasteiger partial charge on any atom is -0.401 e. The molecule has 0 fully saturated rings. The normalized spacial score (nSPS) is 18.9. The monoisotopic (exact) mass is 114 g/mol. The van der Waals surface area contributed by atoms with Crippen molar-refractivity contribution in [3.63, 3.8) is 0 Å². The minimum atomic E-state index is 0.721. The lowest BCUT2D eigenvalue weighted by Crippen LogP contribution is -2.14. The summed E-state index contributed by atoms with van der Waals surface area (Å²) in [4.78, 5) is 0.748. The Balaban J connectivity index is 2.67. The minimum absolute atomic E-state index is 0.721. The first kappa shape index (κ1) is 4.59. The lowest BCUT2D eigenvalue weighted by Gasteiger charge is -1.87. The van der Waals surface area contributed by atoms with Crippen molar-refractivity contribution < 1.29 is 0 Å². The topological polar surface area (TPSA) is 38.0 Å². The molecule has 0 aliphatic carbocycles. The summed E-state index contributed by atoms with van der Waals surface area (Å²) < 4.78 is 0. The lowest BCUT2D eigenvalue weighted by atomic mass is 10.5. The molecule has 0 saturated carbocycles. The van der Waals surface area contributed by atoms with Crippen LogP contribution < -0.4 is 11.1 Å². The molecule has 7 heavy (non-hydrogen) atoms. The highest BCUT2D eigenvalue weighted by Crippen LogP contribution is 1.90. The first-order valence-electron chi connectivity index (χ1n) is 2.03. The number of nitrogens with one attached hydrogen (secondary N) is 1. The van der Waals surface area contributed by atoms with Crippen LogP contribution in [0.4, 0.5) is 0 Å². The largest absolute Gasteiger partial charge is 0.401 e. The van der Waals surface area contributed by atoms with Crippen molar-refractivity contribution in [1.82, 2.24) is 5.32 Å². The third-order valence-corrected chi connectivity index (χ3v) is 1.05. The Morgan fingerprint density at radius 1 is 1.86 bits per heavy atom. The molecule has 3 heteroatoms. The molecule has 0 aromatic rings. The summed E-state index contributed by atoms with van der Waals surface area (Å²) in [6.45, 7) is 0.721. The maximum atomic E-state index is 5.34. The summed E-state index contributed by atoms with van der Waals surface area (Å²) in [6.07, 6.45) is 1.76. The summed E-state index contributed by atoms with van der Waals surface area (Å²) in [5.74, 6) is 0. The lowest BCUT2D eigenvalue weighted by molar-refractivity contribution is 1.03. The van der Waals surface area contributed by atoms with E-state index >= 15 is 0 Å². The fourth-order valence-corrected chi connectivity index (χ4v) is 0.683. The maximum absolute atomic E-state index is 5.34. The smallest absolute Gasteiger partial charge is 0.101 e. The molecule has 0 atom stereocenters. The zero-order valence-corrected chi connectivity index (χ0v) is 4.59. The van der Waals surface area contributed by atoms with E-state index in [9.17, 15) is 0 Å². The van der Waals surface area contributed by atoms with Gasteiger partial charge in [-0.3, -0.25) is 0 Å². The molecule has 0 spiro atoms. The molecule has 1 heterocycles. The second-order valence-electron chi connectivity index (χ2n) is 1.44. The van der Waals surface area contributed by atoms with Gasteiger partial charge < -0.3 is 11.1 Å². The fourth-order valence-electron chi connectivity index (χ4n) is 0.460. The molecular weight excluding hydrogens is 108 g/mol. The average Bonchev–Trinajstić information content (AvgIpc) is 1.87. The molecular formula is C4H6N2S. The van der Waals surface area contributed by atoms with Crippen LogP contribution in [0.25, 0.3) is 0 Å². The Kier molecular flexibility index (Phi) is 0.982. The Hall–Kier alpha value is -0.570. The van der Waals surface area contributed by atoms with E-state index in [1.165, 1.54) is 0 Å². The van der Waals surface area contributed by atoms with Crippen molar-refractivity contribution in [1.29, 1.82) is 0 Å². The van der Waals surface area contributed by atoms with Crippen molar-refractivity contribution >= 4 is 17.2 Å². The van der Waals surface area contributed by atoms with E-state index in [1.54, 1.807) is 6.08 Å². The molecule has 1 aliphatic heterocycles. The van der Waals surface area contributed by atoms with Gasteiger partial charge in [0.2, 0.25) is 0 Å². The summed E-state index contributed by atoms with van der Waals surface area (Å²) >= 11 is 4.73. The van der Waals surface area contributed by atoms with Gasteiger partial charge in [-0.25, -0.2) is 0 Å². The molecule has 0 amide bonds. The Morgan fingerprint density at radius 3 is 2.71 bits per heavy atom. The van der Waals surface area contributed by atoms with Crippen LogP contribution in [0.5, 0.6) is 0 Å². The molecule has 1 aliphatic rings. The van der Waals surface area contributed by atoms with E-state index in [-0.39, 0.29) is 0 Å². The number of hydrogen-bond acceptors (Lipinski definition) is 2. The molecule has 3 N–H and O–H groups in total. The first-order valence-corrected chi connectivity index (χ1v) is 2.44. The van der Waals surface area contributed by atoms with Gasteiger partial charge in [-0.05, 0) is 6.08 Å². The van der Waals surface area contributed by atoms with E-state index in [4.69, 9.17) is 18.0 Å². The zero-order valence-electron chi connectivity index (χ0n) is 3.77. The molecule has 2 nitrogen and oxygen atoms in total. The second kappa shape index (κ2) is 1.50. The predicted molar refractivity (Wildman–Crippen MR) is 32.9 cm³/mol. The third kappa shape index (κ3) is 0.899. The van der Waals surface area contributed by atoms with E-state index in [0.717, 1.165) is 17.2 Å². The fraction of sp³-hybridized carbons (Fsp3) is 0.250. The number of hydrogen-bond donors (Lipinski definition) is 2. The molecule has 0 aromatic heterocycles. The molecule has 0 bridgehead atoms. The zero-order chi connectivity index (χ0) is 5.28. The van der Waals surface area contributed by atoms with E-state index in [1.807, 2.05) is 0 Å². The number of thiocarbonyl (C=S) groups is 1. The molecule has 1 rings (SSSR count). The average molecular weight is 114 g/mol. The van der Waals surface area contributed by atoms with Gasteiger partial charge in [0.25, 0.3) is 0 Å². The van der Waals surface area contributed by atoms with Crippen molar-refractivity contribution in [2.75, 3.05) is 6.54 Å². The van der Waals surface area contributed by atoms with Gasteiger partial charge in [0, 0.05) is 5.70 Å². The van der Waals surface area contributed by atoms with E-state index < -0.39 is 0 Å². The molecule has 0 saturated heterocycles. The summed E-state index contributed by atoms with van der Waals surface area (Å²) in [6, 6.07) is 0. The van der Waals surface area contributed by atoms with Gasteiger partial charge in [0.05, 0.1) is 6.54 Å². The quantitative estimate of drug-likeness (QED) is 0.427. The van der Waals surface area contributed by atoms with Gasteiger partial charge in [-0.2, -0.15) is 0 Å². The standard InChI is InChI=1S/C4H6N2S/c5-3-1-4(7)6-2-3/h1H,2,5H2,(H,6,7). The highest BCUT2D eigenvalue weighted by molar-refractivity contribution is 7.80. The van der Waals surface area contributed by atoms with Gasteiger partial charge in [0.15, 0.2) is 0 Å². The predicted octanol–water partition coefficient (Wildman–Crippen LogP) is -0.240. The third-order valence-electron chi connectivity index (χ3n) is 0.783. The first-order chi connectivity index (χ1) is 3.29. The Morgan fingerprint density at radius 2 is 2.57 bits per heavy atom.